The molecule has 5 aromatic rings. The third kappa shape index (κ3) is 12.2. The van der Waals surface area contributed by atoms with Crippen molar-refractivity contribution < 1.29 is 28.7 Å². The number of hydrogen-bond acceptors (Lipinski definition) is 9. The van der Waals surface area contributed by atoms with Gasteiger partial charge in [0.25, 0.3) is 6.47 Å². The first-order valence-electron chi connectivity index (χ1n) is 21.9. The van der Waals surface area contributed by atoms with E-state index in [4.69, 9.17) is 14.5 Å². The number of likely N-dealkylation sites (N-methyl/N-ethyl adjacent to an activating group) is 1. The van der Waals surface area contributed by atoms with Crippen molar-refractivity contribution in [2.45, 2.75) is 102 Å². The molecular weight excluding hydrogens is 773 g/mol. The molecule has 3 amide bonds. The molecule has 2 unspecified atom stereocenters. The van der Waals surface area contributed by atoms with Crippen LogP contribution < -0.4 is 16.0 Å². The van der Waals surface area contributed by atoms with E-state index in [0.29, 0.717) is 26.1 Å². The van der Waals surface area contributed by atoms with Crippen molar-refractivity contribution in [3.05, 3.63) is 72.4 Å². The summed E-state index contributed by atoms with van der Waals surface area (Å²) in [6.45, 7) is 2.01. The molecule has 8 rings (SSSR count). The first kappa shape index (κ1) is 44.8. The number of fused-ring (bicyclic) bond motifs is 2. The summed E-state index contributed by atoms with van der Waals surface area (Å²) in [5.74, 6) is 1.81. The van der Waals surface area contributed by atoms with Crippen molar-refractivity contribution >= 4 is 46.2 Å². The number of ether oxygens (including phenoxy) is 2. The van der Waals surface area contributed by atoms with Crippen molar-refractivity contribution in [2.75, 3.05) is 40.9 Å². The molecule has 1 aliphatic heterocycles. The van der Waals surface area contributed by atoms with Crippen LogP contribution in [0.4, 0.5) is 4.79 Å². The van der Waals surface area contributed by atoms with Crippen LogP contribution in [0, 0.1) is 5.92 Å². The lowest BCUT2D eigenvalue weighted by Gasteiger charge is -2.31. The van der Waals surface area contributed by atoms with Gasteiger partial charge in [0.15, 0.2) is 0 Å². The SMILES string of the molecule is C1CCCC1.CNCC(=O)NCCCCc1ncc(-c2ccc3cc(-c4ccc5nc(C6CCCN6C(=O)C(NC(=O)OC)C6CCCC6)[nH]c5c4)ccc3c2)[nH]1.COC=O. The summed E-state index contributed by atoms with van der Waals surface area (Å²) in [7, 11) is 4.41. The lowest BCUT2D eigenvalue weighted by molar-refractivity contribution is -0.135. The Hall–Kier alpha value is -5.76. The number of aryl methyl sites for hydroxylation is 1. The maximum atomic E-state index is 13.9. The molecule has 0 radical (unpaired) electrons. The number of likely N-dealkylation sites (tertiary alicyclic amines) is 1. The Labute approximate surface area is 358 Å². The van der Waals surface area contributed by atoms with Gasteiger partial charge in [-0.1, -0.05) is 75.3 Å². The van der Waals surface area contributed by atoms with Crippen LogP contribution in [0.15, 0.2) is 60.8 Å². The second kappa shape index (κ2) is 22.7. The van der Waals surface area contributed by atoms with Crippen LogP contribution >= 0.6 is 0 Å². The number of nitrogens with zero attached hydrogens (tertiary/aromatic N) is 3. The maximum Gasteiger partial charge on any atom is 0.407 e. The molecule has 3 heterocycles. The summed E-state index contributed by atoms with van der Waals surface area (Å²) < 4.78 is 8.73. The number of imidazole rings is 2. The third-order valence-corrected chi connectivity index (χ3v) is 11.9. The van der Waals surface area contributed by atoms with Gasteiger partial charge in [0.05, 0.1) is 49.7 Å². The topological polar surface area (TPSA) is 183 Å². The number of benzene rings is 3. The number of alkyl carbamates (subject to hydrolysis) is 1. The number of aromatic nitrogens is 4. The lowest BCUT2D eigenvalue weighted by atomic mass is 9.96. The largest absolute Gasteiger partial charge is 0.471 e. The molecule has 3 fully saturated rings. The number of H-pyrrole nitrogens is 2. The first-order chi connectivity index (χ1) is 29.8. The van der Waals surface area contributed by atoms with E-state index in [0.717, 1.165) is 114 Å². The van der Waals surface area contributed by atoms with Crippen molar-refractivity contribution in [1.82, 2.24) is 40.8 Å². The van der Waals surface area contributed by atoms with Crippen LogP contribution in [0.1, 0.15) is 101 Å². The minimum atomic E-state index is -0.585. The third-order valence-electron chi connectivity index (χ3n) is 11.9. The number of rotatable bonds is 14. The van der Waals surface area contributed by atoms with Crippen LogP contribution in [-0.4, -0.2) is 96.2 Å². The smallest absolute Gasteiger partial charge is 0.407 e. The number of carbonyl (C=O) groups is 4. The number of hydrogen-bond donors (Lipinski definition) is 5. The predicted molar refractivity (Wildman–Crippen MR) is 238 cm³/mol. The monoisotopic (exact) mass is 834 g/mol. The normalized spacial score (nSPS) is 16.6. The number of methoxy groups -OCH3 is 2. The minimum Gasteiger partial charge on any atom is -0.471 e. The molecule has 0 spiro atoms. The van der Waals surface area contributed by atoms with E-state index >= 15 is 0 Å². The Balaban J connectivity index is 0.000000621. The molecule has 2 aliphatic carbocycles. The summed E-state index contributed by atoms with van der Waals surface area (Å²) in [4.78, 5) is 65.1. The number of carbonyl (C=O) groups excluding carboxylic acids is 4. The maximum absolute atomic E-state index is 13.9. The second-order valence-electron chi connectivity index (χ2n) is 16.2. The van der Waals surface area contributed by atoms with Gasteiger partial charge < -0.3 is 40.3 Å². The molecule has 0 bridgehead atoms. The standard InChI is InChI=1S/C40H48N8O4.C5H10.C2H4O2/c1-41-24-36(49)42-18-6-5-11-35-43-23-33(44-35)30-15-14-26-20-27(12-13-28(26)21-30)29-16-17-31-32(22-29)46-38(45-31)34-10-7-19-48(34)39(50)37(47-40(51)52-2)25-8-3-4-9-25;1-2-4-5-3-1;1-4-2-3/h12-17,20-23,25,34,37,41H,3-11,18-19,24H2,1-2H3,(H,42,49)(H,43,44)(H,45,46)(H,47,51);1-5H2;2H,1H3. The molecule has 2 saturated carbocycles. The van der Waals surface area contributed by atoms with Gasteiger partial charge in [0.1, 0.15) is 17.7 Å². The quantitative estimate of drug-likeness (QED) is 0.0552. The number of unbranched alkanes of at least 4 members (excludes halogenated alkanes) is 1. The average molecular weight is 835 g/mol. The van der Waals surface area contributed by atoms with E-state index in [1.54, 1.807) is 7.05 Å². The highest BCUT2D eigenvalue weighted by molar-refractivity contribution is 5.92. The minimum absolute atomic E-state index is 0.0156. The van der Waals surface area contributed by atoms with Crippen molar-refractivity contribution in [1.29, 1.82) is 0 Å². The van der Waals surface area contributed by atoms with E-state index in [-0.39, 0.29) is 23.8 Å². The summed E-state index contributed by atoms with van der Waals surface area (Å²) in [5, 5.41) is 10.9. The highest BCUT2D eigenvalue weighted by Crippen LogP contribution is 2.36. The van der Waals surface area contributed by atoms with Gasteiger partial charge in [-0.3, -0.25) is 14.4 Å². The van der Waals surface area contributed by atoms with Crippen molar-refractivity contribution in [2.24, 2.45) is 5.92 Å². The Morgan fingerprint density at radius 2 is 1.52 bits per heavy atom. The molecular formula is C47H62N8O6. The molecule has 14 heteroatoms. The molecule has 61 heavy (non-hydrogen) atoms. The molecule has 1 saturated heterocycles. The fraction of sp³-hybridized carbons (Fsp3) is 0.489. The van der Waals surface area contributed by atoms with Crippen molar-refractivity contribution in [3.63, 3.8) is 0 Å². The number of nitrogens with one attached hydrogen (secondary N) is 5. The van der Waals surface area contributed by atoms with Crippen LogP contribution in [-0.2, 0) is 30.3 Å². The highest BCUT2D eigenvalue weighted by Gasteiger charge is 2.40. The Morgan fingerprint density at radius 3 is 2.21 bits per heavy atom. The van der Waals surface area contributed by atoms with Crippen LogP contribution in [0.25, 0.3) is 44.2 Å². The Morgan fingerprint density at radius 1 is 0.852 bits per heavy atom. The first-order valence-corrected chi connectivity index (χ1v) is 21.9. The molecule has 326 valence electrons. The van der Waals surface area contributed by atoms with E-state index < -0.39 is 12.1 Å². The van der Waals surface area contributed by atoms with E-state index in [9.17, 15) is 14.4 Å². The number of amides is 3. The molecule has 5 N–H and O–H groups in total. The van der Waals surface area contributed by atoms with Gasteiger partial charge in [-0.2, -0.15) is 0 Å². The van der Waals surface area contributed by atoms with Crippen LogP contribution in [0.5, 0.6) is 0 Å². The fourth-order valence-electron chi connectivity index (χ4n) is 8.70. The van der Waals surface area contributed by atoms with Crippen LogP contribution in [0.3, 0.4) is 0 Å². The van der Waals surface area contributed by atoms with E-state index in [1.807, 2.05) is 17.2 Å². The van der Waals surface area contributed by atoms with E-state index in [1.165, 1.54) is 46.3 Å². The zero-order chi connectivity index (χ0) is 43.0. The zero-order valence-corrected chi connectivity index (χ0v) is 35.9. The molecule has 2 atom stereocenters. The average Bonchev–Trinajstić information content (AvgIpc) is 4.14. The highest BCUT2D eigenvalue weighted by atomic mass is 16.5. The molecule has 14 nitrogen and oxygen atoms in total. The zero-order valence-electron chi connectivity index (χ0n) is 35.9. The van der Waals surface area contributed by atoms with Crippen molar-refractivity contribution in [3.8, 4) is 22.4 Å². The molecule has 3 aromatic carbocycles. The summed E-state index contributed by atoms with van der Waals surface area (Å²) >= 11 is 0. The van der Waals surface area contributed by atoms with Gasteiger partial charge >= 0.3 is 6.09 Å². The Bertz CT molecular complexity index is 2200. The fourth-order valence-corrected chi connectivity index (χ4v) is 8.70. The van der Waals surface area contributed by atoms with Gasteiger partial charge in [-0.25, -0.2) is 14.8 Å². The van der Waals surface area contributed by atoms with Gasteiger partial charge in [-0.15, -0.1) is 0 Å². The summed E-state index contributed by atoms with van der Waals surface area (Å²) in [6, 6.07) is 18.5. The van der Waals surface area contributed by atoms with Gasteiger partial charge in [0, 0.05) is 25.1 Å². The lowest BCUT2D eigenvalue weighted by Crippen LogP contribution is -2.51. The Kier molecular flexibility index (Phi) is 16.7. The van der Waals surface area contributed by atoms with Gasteiger partial charge in [-0.05, 0) is 97.7 Å². The molecule has 3 aliphatic rings. The molecule has 2 aromatic heterocycles. The second-order valence-corrected chi connectivity index (χ2v) is 16.2. The number of aromatic amines is 2. The van der Waals surface area contributed by atoms with E-state index in [2.05, 4.69) is 84.2 Å². The predicted octanol–water partition coefficient (Wildman–Crippen LogP) is 7.75. The van der Waals surface area contributed by atoms with Crippen LogP contribution in [0.2, 0.25) is 0 Å². The summed E-state index contributed by atoms with van der Waals surface area (Å²) in [6.07, 6.45) is 17.2. The summed E-state index contributed by atoms with van der Waals surface area (Å²) in [5.41, 5.74) is 6.04. The van der Waals surface area contributed by atoms with Gasteiger partial charge in [0.2, 0.25) is 11.8 Å².